The topological polar surface area (TPSA) is 112 Å². The zero-order valence-corrected chi connectivity index (χ0v) is 12.3. The highest BCUT2D eigenvalue weighted by Gasteiger charge is 2.14. The van der Waals surface area contributed by atoms with E-state index in [0.29, 0.717) is 0 Å². The first kappa shape index (κ1) is 17.4. The number of aromatic hydroxyl groups is 2. The van der Waals surface area contributed by atoms with Crippen molar-refractivity contribution in [3.63, 3.8) is 0 Å². The summed E-state index contributed by atoms with van der Waals surface area (Å²) in [7, 11) is 0. The predicted molar refractivity (Wildman–Crippen MR) is 74.0 cm³/mol. The number of phenols is 2. The van der Waals surface area contributed by atoms with Gasteiger partial charge in [-0.15, -0.1) is 0 Å². The van der Waals surface area contributed by atoms with Crippen molar-refractivity contribution in [2.45, 2.75) is 13.8 Å². The fraction of sp³-hybridized carbons (Fsp3) is 0.429. The van der Waals surface area contributed by atoms with Gasteiger partial charge >= 0.3 is 11.9 Å². The van der Waals surface area contributed by atoms with Crippen LogP contribution >= 0.6 is 0 Å². The molecule has 0 aliphatic carbocycles. The van der Waals surface area contributed by atoms with Crippen LogP contribution < -0.4 is 9.47 Å². The molecule has 0 saturated heterocycles. The molecule has 0 saturated carbocycles. The lowest BCUT2D eigenvalue weighted by Crippen LogP contribution is -2.15. The Morgan fingerprint density at radius 1 is 0.864 bits per heavy atom. The Bertz CT molecular complexity index is 478. The average molecular weight is 314 g/mol. The highest BCUT2D eigenvalue weighted by Crippen LogP contribution is 2.38. The van der Waals surface area contributed by atoms with E-state index in [2.05, 4.69) is 9.47 Å². The molecule has 0 bridgehead atoms. The van der Waals surface area contributed by atoms with Crippen molar-refractivity contribution in [2.75, 3.05) is 26.4 Å². The third-order valence-electron chi connectivity index (χ3n) is 2.34. The fourth-order valence-corrected chi connectivity index (χ4v) is 1.45. The molecule has 8 heteroatoms. The SMILES string of the molecule is CCOC(=O)COc1cc(O)c(OCC(=O)OCC)cc1O. The van der Waals surface area contributed by atoms with Crippen molar-refractivity contribution in [2.24, 2.45) is 0 Å². The van der Waals surface area contributed by atoms with Crippen LogP contribution in [0.25, 0.3) is 0 Å². The first-order chi connectivity index (χ1) is 10.5. The van der Waals surface area contributed by atoms with E-state index in [1.807, 2.05) is 0 Å². The molecule has 0 aliphatic rings. The lowest BCUT2D eigenvalue weighted by molar-refractivity contribution is -0.146. The number of esters is 2. The second kappa shape index (κ2) is 8.60. The first-order valence-electron chi connectivity index (χ1n) is 6.60. The molecule has 1 aromatic rings. The molecule has 8 nitrogen and oxygen atoms in total. The maximum Gasteiger partial charge on any atom is 0.344 e. The third kappa shape index (κ3) is 5.39. The van der Waals surface area contributed by atoms with Gasteiger partial charge in [0.15, 0.2) is 36.2 Å². The minimum atomic E-state index is -0.607. The van der Waals surface area contributed by atoms with E-state index in [1.165, 1.54) is 0 Å². The Hall–Kier alpha value is -2.64. The van der Waals surface area contributed by atoms with Crippen molar-refractivity contribution >= 4 is 11.9 Å². The molecule has 122 valence electrons. The van der Waals surface area contributed by atoms with E-state index in [0.717, 1.165) is 12.1 Å². The maximum atomic E-state index is 11.2. The van der Waals surface area contributed by atoms with Crippen molar-refractivity contribution < 1.29 is 38.7 Å². The summed E-state index contributed by atoms with van der Waals surface area (Å²) in [6, 6.07) is 2.13. The van der Waals surface area contributed by atoms with Crippen LogP contribution in [0.3, 0.4) is 0 Å². The number of ether oxygens (including phenoxy) is 4. The Morgan fingerprint density at radius 2 is 1.23 bits per heavy atom. The third-order valence-corrected chi connectivity index (χ3v) is 2.34. The van der Waals surface area contributed by atoms with Crippen LogP contribution in [0, 0.1) is 0 Å². The minimum absolute atomic E-state index is 0.117. The normalized spacial score (nSPS) is 9.91. The van der Waals surface area contributed by atoms with Gasteiger partial charge < -0.3 is 29.2 Å². The van der Waals surface area contributed by atoms with Crippen LogP contribution in [-0.4, -0.2) is 48.6 Å². The maximum absolute atomic E-state index is 11.2. The molecule has 1 rings (SSSR count). The second-order valence-corrected chi connectivity index (χ2v) is 3.98. The van der Waals surface area contributed by atoms with Gasteiger partial charge in [0.25, 0.3) is 0 Å². The monoisotopic (exact) mass is 314 g/mol. The number of hydrogen-bond acceptors (Lipinski definition) is 8. The molecule has 0 fully saturated rings. The number of rotatable bonds is 8. The molecule has 2 N–H and O–H groups in total. The number of carbonyl (C=O) groups excluding carboxylic acids is 2. The largest absolute Gasteiger partial charge is 0.504 e. The molecule has 0 aromatic heterocycles. The van der Waals surface area contributed by atoms with Crippen LogP contribution in [-0.2, 0) is 19.1 Å². The van der Waals surface area contributed by atoms with Crippen LogP contribution in [0.4, 0.5) is 0 Å². The van der Waals surface area contributed by atoms with E-state index in [1.54, 1.807) is 13.8 Å². The summed E-state index contributed by atoms with van der Waals surface area (Å²) in [5.41, 5.74) is 0. The van der Waals surface area contributed by atoms with Crippen molar-refractivity contribution in [1.82, 2.24) is 0 Å². The Morgan fingerprint density at radius 3 is 1.55 bits per heavy atom. The van der Waals surface area contributed by atoms with Crippen molar-refractivity contribution in [1.29, 1.82) is 0 Å². The number of hydrogen-bond donors (Lipinski definition) is 2. The zero-order valence-electron chi connectivity index (χ0n) is 12.3. The highest BCUT2D eigenvalue weighted by atomic mass is 16.6. The molecule has 1 aromatic carbocycles. The molecule has 0 amide bonds. The van der Waals surface area contributed by atoms with Crippen LogP contribution in [0.1, 0.15) is 13.8 Å². The molecule has 0 spiro atoms. The molecule has 22 heavy (non-hydrogen) atoms. The summed E-state index contributed by atoms with van der Waals surface area (Å²) in [4.78, 5) is 22.3. The molecular formula is C14H18O8. The van der Waals surface area contributed by atoms with Gasteiger partial charge in [-0.2, -0.15) is 0 Å². The first-order valence-corrected chi connectivity index (χ1v) is 6.60. The quantitative estimate of drug-likeness (QED) is 0.539. The standard InChI is InChI=1S/C14H18O8/c1-3-19-13(17)7-21-11-5-10(16)12(6-9(11)15)22-8-14(18)20-4-2/h5-6,15-16H,3-4,7-8H2,1-2H3. The summed E-state index contributed by atoms with van der Waals surface area (Å²) < 4.78 is 19.4. The molecular weight excluding hydrogens is 296 g/mol. The minimum Gasteiger partial charge on any atom is -0.504 e. The molecule has 0 atom stereocenters. The molecule has 0 heterocycles. The van der Waals surface area contributed by atoms with Gasteiger partial charge in [0.1, 0.15) is 0 Å². The molecule has 0 radical (unpaired) electrons. The number of phenolic OH excluding ortho intramolecular Hbond substituents is 2. The van der Waals surface area contributed by atoms with Crippen molar-refractivity contribution in [3.8, 4) is 23.0 Å². The fourth-order valence-electron chi connectivity index (χ4n) is 1.45. The van der Waals surface area contributed by atoms with Gasteiger partial charge in [0.2, 0.25) is 0 Å². The van der Waals surface area contributed by atoms with E-state index < -0.39 is 25.2 Å². The van der Waals surface area contributed by atoms with Gasteiger partial charge in [-0.25, -0.2) is 9.59 Å². The van der Waals surface area contributed by atoms with E-state index >= 15 is 0 Å². The van der Waals surface area contributed by atoms with Gasteiger partial charge in [-0.05, 0) is 13.8 Å². The molecule has 0 aliphatic heterocycles. The zero-order chi connectivity index (χ0) is 16.5. The lowest BCUT2D eigenvalue weighted by atomic mass is 10.2. The van der Waals surface area contributed by atoms with Gasteiger partial charge in [0, 0.05) is 12.1 Å². The Balaban J connectivity index is 2.67. The number of benzene rings is 1. The Kier molecular flexibility index (Phi) is 6.81. The number of carbonyl (C=O) groups is 2. The van der Waals surface area contributed by atoms with Crippen LogP contribution in [0.2, 0.25) is 0 Å². The summed E-state index contributed by atoms with van der Waals surface area (Å²) in [5, 5.41) is 19.5. The molecule has 0 unspecified atom stereocenters. The van der Waals surface area contributed by atoms with E-state index in [-0.39, 0.29) is 36.2 Å². The second-order valence-electron chi connectivity index (χ2n) is 3.98. The van der Waals surface area contributed by atoms with E-state index in [9.17, 15) is 19.8 Å². The van der Waals surface area contributed by atoms with Crippen LogP contribution in [0.5, 0.6) is 23.0 Å². The summed E-state index contributed by atoms with van der Waals surface area (Å²) >= 11 is 0. The highest BCUT2D eigenvalue weighted by molar-refractivity contribution is 5.72. The summed E-state index contributed by atoms with van der Waals surface area (Å²) in [6.45, 7) is 2.89. The van der Waals surface area contributed by atoms with Crippen molar-refractivity contribution in [3.05, 3.63) is 12.1 Å². The smallest absolute Gasteiger partial charge is 0.344 e. The predicted octanol–water partition coefficient (Wildman–Crippen LogP) is 0.982. The van der Waals surface area contributed by atoms with Gasteiger partial charge in [-0.3, -0.25) is 0 Å². The van der Waals surface area contributed by atoms with Gasteiger partial charge in [0.05, 0.1) is 13.2 Å². The Labute approximate surface area is 127 Å². The van der Waals surface area contributed by atoms with Crippen LogP contribution in [0.15, 0.2) is 12.1 Å². The summed E-state index contributed by atoms with van der Waals surface area (Å²) in [5.74, 6) is -2.17. The average Bonchev–Trinajstić information content (AvgIpc) is 2.47. The summed E-state index contributed by atoms with van der Waals surface area (Å²) in [6.07, 6.45) is 0. The lowest BCUT2D eigenvalue weighted by Gasteiger charge is -2.11. The van der Waals surface area contributed by atoms with Gasteiger partial charge in [-0.1, -0.05) is 0 Å². The van der Waals surface area contributed by atoms with E-state index in [4.69, 9.17) is 9.47 Å².